The Bertz CT molecular complexity index is 1630. The average Bonchev–Trinajstić information content (AvgIpc) is 3.53. The van der Waals surface area contributed by atoms with E-state index >= 15 is 0 Å². The summed E-state index contributed by atoms with van der Waals surface area (Å²) in [4.78, 5) is 52.4. The molecule has 2 aliphatic heterocycles. The predicted molar refractivity (Wildman–Crippen MR) is 159 cm³/mol. The number of allylic oxidation sites excluding steroid dienone is 1. The molecule has 0 N–H and O–H groups in total. The van der Waals surface area contributed by atoms with Crippen LogP contribution in [0.15, 0.2) is 65.8 Å². The van der Waals surface area contributed by atoms with Crippen molar-refractivity contribution in [2.45, 2.75) is 83.7 Å². The third kappa shape index (κ3) is 3.95. The lowest BCUT2D eigenvalue weighted by Gasteiger charge is -2.69. The fourth-order valence-electron chi connectivity index (χ4n) is 9.04. The Hall–Kier alpha value is -4.20. The molecule has 2 spiro atoms. The van der Waals surface area contributed by atoms with Gasteiger partial charge in [-0.1, -0.05) is 55.5 Å². The molecule has 5 aliphatic rings. The normalized spacial score (nSPS) is 28.6. The molecular weight excluding hydrogens is 560 g/mol. The van der Waals surface area contributed by atoms with Crippen LogP contribution < -0.4 is 9.47 Å². The van der Waals surface area contributed by atoms with E-state index in [2.05, 4.69) is 0 Å². The molecule has 3 saturated carbocycles. The maximum atomic E-state index is 14.6. The van der Waals surface area contributed by atoms with Gasteiger partial charge in [0.25, 0.3) is 0 Å². The number of cyclic esters (lactones) is 1. The highest BCUT2D eigenvalue weighted by molar-refractivity contribution is 6.02. The number of esters is 4. The maximum Gasteiger partial charge on any atom is 0.335 e. The second-order valence-corrected chi connectivity index (χ2v) is 12.8. The fraction of sp³-hybridized carbons (Fsp3) is 0.444. The Labute approximate surface area is 256 Å². The number of carbonyl (C=O) groups is 4. The summed E-state index contributed by atoms with van der Waals surface area (Å²) in [7, 11) is 0. The number of ether oxygens (including phenoxy) is 4. The van der Waals surface area contributed by atoms with Crippen LogP contribution in [0.5, 0.6) is 11.5 Å². The van der Waals surface area contributed by atoms with Gasteiger partial charge >= 0.3 is 23.9 Å². The third-order valence-electron chi connectivity index (χ3n) is 10.5. The summed E-state index contributed by atoms with van der Waals surface area (Å²) in [6.07, 6.45) is 11.2. The van der Waals surface area contributed by atoms with Crippen molar-refractivity contribution in [2.75, 3.05) is 0 Å². The first kappa shape index (κ1) is 28.6. The maximum absolute atomic E-state index is 14.6. The van der Waals surface area contributed by atoms with Gasteiger partial charge in [0.2, 0.25) is 0 Å². The summed E-state index contributed by atoms with van der Waals surface area (Å²) in [5, 5.41) is 0. The zero-order valence-corrected chi connectivity index (χ0v) is 25.1. The molecule has 8 heteroatoms. The topological polar surface area (TPSA) is 105 Å². The van der Waals surface area contributed by atoms with Crippen LogP contribution in [0.1, 0.15) is 89.2 Å². The number of fused-ring (bicyclic) bond motifs is 4. The fourth-order valence-corrected chi connectivity index (χ4v) is 9.04. The quantitative estimate of drug-likeness (QED) is 0.218. The summed E-state index contributed by atoms with van der Waals surface area (Å²) >= 11 is 0. The van der Waals surface area contributed by atoms with E-state index in [1.807, 2.05) is 12.1 Å². The summed E-state index contributed by atoms with van der Waals surface area (Å²) in [6.45, 7) is 2.67. The van der Waals surface area contributed by atoms with Gasteiger partial charge in [-0.25, -0.2) is 4.79 Å². The molecule has 0 amide bonds. The standard InChI is InChI=1S/C36H36O8/c1-22(37)41-27-15-9-13-25(19-27)29-21-35(33(40)43-29)34(17-7-4-8-18-34)31-30(24-11-5-3-6-12-24)32(39)44-36(31,35)26-14-10-16-28(20-26)42-23(2)38/h9-10,13-16,19-21,31H,3-8,11-12,17-18H2,1-2H3. The van der Waals surface area contributed by atoms with E-state index in [0.29, 0.717) is 28.4 Å². The van der Waals surface area contributed by atoms with Crippen LogP contribution in [0.2, 0.25) is 0 Å². The number of rotatable bonds is 4. The SMILES string of the molecule is CC(=O)Oc1cccc(C2=CC3(C(=O)O2)C2(CCCCC2)C2C(=C4CCCCC4)C(=O)OC23c2cccc(OC(C)=O)c2)c1. The molecule has 3 atom stereocenters. The van der Waals surface area contributed by atoms with Crippen LogP contribution in [0.4, 0.5) is 0 Å². The molecule has 0 bridgehead atoms. The molecule has 7 rings (SSSR count). The molecular formula is C36H36O8. The molecule has 228 valence electrons. The van der Waals surface area contributed by atoms with Crippen molar-refractivity contribution in [3.8, 4) is 11.5 Å². The first-order valence-corrected chi connectivity index (χ1v) is 15.7. The number of carbonyl (C=O) groups excluding carboxylic acids is 4. The highest BCUT2D eigenvalue weighted by Crippen LogP contribution is 2.83. The van der Waals surface area contributed by atoms with Crippen molar-refractivity contribution in [3.63, 3.8) is 0 Å². The lowest BCUT2D eigenvalue weighted by molar-refractivity contribution is -0.278. The Morgan fingerprint density at radius 3 is 2.14 bits per heavy atom. The van der Waals surface area contributed by atoms with Gasteiger partial charge in [0.05, 0.1) is 0 Å². The highest BCUT2D eigenvalue weighted by atomic mass is 16.6. The number of hydrogen-bond acceptors (Lipinski definition) is 8. The summed E-state index contributed by atoms with van der Waals surface area (Å²) in [5.41, 5.74) is -0.192. The van der Waals surface area contributed by atoms with E-state index in [4.69, 9.17) is 18.9 Å². The van der Waals surface area contributed by atoms with E-state index in [1.54, 1.807) is 42.5 Å². The molecule has 2 aromatic rings. The molecule has 1 saturated heterocycles. The highest BCUT2D eigenvalue weighted by Gasteiger charge is 2.89. The van der Waals surface area contributed by atoms with Crippen LogP contribution in [0.3, 0.4) is 0 Å². The molecule has 3 unspecified atom stereocenters. The largest absolute Gasteiger partial charge is 0.449 e. The van der Waals surface area contributed by atoms with Crippen LogP contribution in [0.25, 0.3) is 5.76 Å². The van der Waals surface area contributed by atoms with Crippen molar-refractivity contribution in [2.24, 2.45) is 16.7 Å². The zero-order chi connectivity index (χ0) is 30.7. The third-order valence-corrected chi connectivity index (χ3v) is 10.5. The average molecular weight is 597 g/mol. The number of benzene rings is 2. The number of hydrogen-bond donors (Lipinski definition) is 0. The van der Waals surface area contributed by atoms with Crippen molar-refractivity contribution >= 4 is 29.6 Å². The first-order valence-electron chi connectivity index (χ1n) is 15.7. The lowest BCUT2D eigenvalue weighted by Crippen LogP contribution is -2.75. The Morgan fingerprint density at radius 1 is 0.818 bits per heavy atom. The Balaban J connectivity index is 1.47. The van der Waals surface area contributed by atoms with E-state index in [1.165, 1.54) is 13.8 Å². The van der Waals surface area contributed by atoms with Crippen molar-refractivity contribution in [1.29, 1.82) is 0 Å². The minimum Gasteiger partial charge on any atom is -0.449 e. The van der Waals surface area contributed by atoms with E-state index in [9.17, 15) is 19.2 Å². The van der Waals surface area contributed by atoms with Gasteiger partial charge in [-0.05, 0) is 68.9 Å². The molecule has 8 nitrogen and oxygen atoms in total. The van der Waals surface area contributed by atoms with Gasteiger partial charge in [-0.15, -0.1) is 0 Å². The minimum absolute atomic E-state index is 0.322. The zero-order valence-electron chi connectivity index (χ0n) is 25.1. The van der Waals surface area contributed by atoms with E-state index < -0.39 is 34.3 Å². The molecule has 44 heavy (non-hydrogen) atoms. The second-order valence-electron chi connectivity index (χ2n) is 12.8. The summed E-state index contributed by atoms with van der Waals surface area (Å²) in [5.74, 6) is -1.08. The van der Waals surface area contributed by atoms with Crippen LogP contribution in [-0.2, 0) is 34.3 Å². The summed E-state index contributed by atoms with van der Waals surface area (Å²) in [6, 6.07) is 13.9. The van der Waals surface area contributed by atoms with Crippen molar-refractivity contribution < 1.29 is 38.1 Å². The van der Waals surface area contributed by atoms with Crippen LogP contribution in [-0.4, -0.2) is 23.9 Å². The molecule has 2 aromatic carbocycles. The molecule has 3 aliphatic carbocycles. The Morgan fingerprint density at radius 2 is 1.45 bits per heavy atom. The lowest BCUT2D eigenvalue weighted by atomic mass is 9.31. The minimum atomic E-state index is -1.37. The molecule has 4 fully saturated rings. The second kappa shape index (κ2) is 10.5. The van der Waals surface area contributed by atoms with Gasteiger partial charge < -0.3 is 18.9 Å². The van der Waals surface area contributed by atoms with Crippen LogP contribution >= 0.6 is 0 Å². The van der Waals surface area contributed by atoms with Gasteiger partial charge in [0.15, 0.2) is 5.60 Å². The van der Waals surface area contributed by atoms with Crippen LogP contribution in [0, 0.1) is 16.7 Å². The van der Waals surface area contributed by atoms with Crippen molar-refractivity contribution in [3.05, 3.63) is 76.9 Å². The van der Waals surface area contributed by atoms with Crippen molar-refractivity contribution in [1.82, 2.24) is 0 Å². The van der Waals surface area contributed by atoms with Gasteiger partial charge in [-0.3, -0.25) is 14.4 Å². The summed E-state index contributed by atoms with van der Waals surface area (Å²) < 4.78 is 23.5. The van der Waals surface area contributed by atoms with Gasteiger partial charge in [0.1, 0.15) is 22.7 Å². The first-order chi connectivity index (χ1) is 21.2. The monoisotopic (exact) mass is 596 g/mol. The molecule has 0 radical (unpaired) electrons. The smallest absolute Gasteiger partial charge is 0.335 e. The van der Waals surface area contributed by atoms with E-state index in [0.717, 1.165) is 75.4 Å². The predicted octanol–water partition coefficient (Wildman–Crippen LogP) is 6.71. The van der Waals surface area contributed by atoms with E-state index in [-0.39, 0.29) is 11.9 Å². The van der Waals surface area contributed by atoms with Gasteiger partial charge in [-0.2, -0.15) is 0 Å². The van der Waals surface area contributed by atoms with Gasteiger partial charge in [0, 0.05) is 41.9 Å². The molecule has 0 aromatic heterocycles. The molecule has 2 heterocycles. The Kier molecular flexibility index (Phi) is 6.79.